The summed E-state index contributed by atoms with van der Waals surface area (Å²) in [4.78, 5) is 19.8. The Kier molecular flexibility index (Phi) is 3.62. The maximum absolute atomic E-state index is 9.89. The maximum Gasteiger partial charge on any atom is 0.306 e. The smallest absolute Gasteiger partial charge is 0.306 e. The number of rotatable bonds is 4. The summed E-state index contributed by atoms with van der Waals surface area (Å²) < 4.78 is 4.46. The first-order valence-electron chi connectivity index (χ1n) is 2.40. The molecule has 0 amide bonds. The van der Waals surface area contributed by atoms with Crippen molar-refractivity contribution in [2.45, 2.75) is 12.5 Å². The highest BCUT2D eigenvalue weighted by atomic mass is 16.5. The van der Waals surface area contributed by atoms with Gasteiger partial charge in [-0.2, -0.15) is 0 Å². The van der Waals surface area contributed by atoms with Crippen molar-refractivity contribution in [3.63, 3.8) is 0 Å². The Bertz CT molecular complexity index is 110. The summed E-state index contributed by atoms with van der Waals surface area (Å²) in [6.45, 7) is 0. The summed E-state index contributed by atoms with van der Waals surface area (Å²) in [7, 11) is 1.29. The van der Waals surface area contributed by atoms with Crippen LogP contribution in [0.5, 0.6) is 0 Å². The Morgan fingerprint density at radius 2 is 2.44 bits per heavy atom. The molecule has 0 saturated heterocycles. The SMILES string of the molecule is COC(C=O)CC(=O)O. The van der Waals surface area contributed by atoms with Crippen molar-refractivity contribution in [2.24, 2.45) is 0 Å². The molecule has 0 aliphatic rings. The predicted molar refractivity (Wildman–Crippen MR) is 29.1 cm³/mol. The van der Waals surface area contributed by atoms with E-state index in [1.807, 2.05) is 0 Å². The van der Waals surface area contributed by atoms with Gasteiger partial charge in [-0.15, -0.1) is 0 Å². The van der Waals surface area contributed by atoms with Gasteiger partial charge in [0.15, 0.2) is 0 Å². The molecule has 52 valence electrons. The van der Waals surface area contributed by atoms with Gasteiger partial charge in [0, 0.05) is 7.11 Å². The second kappa shape index (κ2) is 4.03. The van der Waals surface area contributed by atoms with Crippen LogP contribution in [0.3, 0.4) is 0 Å². The van der Waals surface area contributed by atoms with E-state index in [1.165, 1.54) is 7.11 Å². The average molecular weight is 132 g/mol. The number of carboxylic acid groups (broad SMARTS) is 1. The number of ether oxygens (including phenoxy) is 1. The summed E-state index contributed by atoms with van der Waals surface area (Å²) in [5.74, 6) is -1.03. The van der Waals surface area contributed by atoms with E-state index in [0.29, 0.717) is 6.29 Å². The Hall–Kier alpha value is -0.900. The molecular formula is C5H8O4. The van der Waals surface area contributed by atoms with Crippen LogP contribution in [0.2, 0.25) is 0 Å². The van der Waals surface area contributed by atoms with Crippen molar-refractivity contribution in [3.05, 3.63) is 0 Å². The third-order valence-electron chi connectivity index (χ3n) is 0.830. The van der Waals surface area contributed by atoms with Gasteiger partial charge in [-0.25, -0.2) is 0 Å². The van der Waals surface area contributed by atoms with Crippen LogP contribution in [-0.4, -0.2) is 30.6 Å². The largest absolute Gasteiger partial charge is 0.481 e. The fourth-order valence-corrected chi connectivity index (χ4v) is 0.359. The maximum atomic E-state index is 9.89. The second-order valence-corrected chi connectivity index (χ2v) is 1.51. The zero-order valence-electron chi connectivity index (χ0n) is 5.03. The molecule has 0 aliphatic heterocycles. The summed E-state index contributed by atoms with van der Waals surface area (Å²) >= 11 is 0. The van der Waals surface area contributed by atoms with Crippen molar-refractivity contribution < 1.29 is 19.4 Å². The molecule has 0 aromatic heterocycles. The number of carbonyl (C=O) groups is 2. The molecular weight excluding hydrogens is 124 g/mol. The minimum Gasteiger partial charge on any atom is -0.481 e. The van der Waals surface area contributed by atoms with Crippen molar-refractivity contribution in [3.8, 4) is 0 Å². The van der Waals surface area contributed by atoms with Gasteiger partial charge in [0.1, 0.15) is 12.4 Å². The summed E-state index contributed by atoms with van der Waals surface area (Å²) in [5.41, 5.74) is 0. The molecule has 0 fully saturated rings. The van der Waals surface area contributed by atoms with Gasteiger partial charge in [-0.1, -0.05) is 0 Å². The van der Waals surface area contributed by atoms with Gasteiger partial charge < -0.3 is 14.6 Å². The normalized spacial score (nSPS) is 12.6. The van der Waals surface area contributed by atoms with Crippen molar-refractivity contribution in [1.29, 1.82) is 0 Å². The molecule has 0 radical (unpaired) electrons. The molecule has 1 unspecified atom stereocenters. The molecule has 4 nitrogen and oxygen atoms in total. The average Bonchev–Trinajstić information content (AvgIpc) is 1.82. The van der Waals surface area contributed by atoms with Gasteiger partial charge in [0.25, 0.3) is 0 Å². The highest BCUT2D eigenvalue weighted by molar-refractivity contribution is 5.72. The molecule has 1 atom stereocenters. The van der Waals surface area contributed by atoms with Gasteiger partial charge in [-0.05, 0) is 0 Å². The number of hydrogen-bond donors (Lipinski definition) is 1. The minimum atomic E-state index is -1.03. The molecule has 1 N–H and O–H groups in total. The Morgan fingerprint density at radius 3 is 2.56 bits per heavy atom. The quantitative estimate of drug-likeness (QED) is 0.532. The third kappa shape index (κ3) is 3.66. The van der Waals surface area contributed by atoms with E-state index in [2.05, 4.69) is 4.74 Å². The summed E-state index contributed by atoms with van der Waals surface area (Å²) in [6.07, 6.45) is -0.601. The lowest BCUT2D eigenvalue weighted by Gasteiger charge is -2.01. The third-order valence-corrected chi connectivity index (χ3v) is 0.830. The van der Waals surface area contributed by atoms with Crippen LogP contribution in [0, 0.1) is 0 Å². The van der Waals surface area contributed by atoms with E-state index in [0.717, 1.165) is 0 Å². The van der Waals surface area contributed by atoms with E-state index >= 15 is 0 Å². The lowest BCUT2D eigenvalue weighted by Crippen LogP contribution is -2.16. The molecule has 0 aromatic rings. The van der Waals surface area contributed by atoms with Gasteiger partial charge in [0.05, 0.1) is 6.42 Å². The van der Waals surface area contributed by atoms with Crippen molar-refractivity contribution in [2.75, 3.05) is 7.11 Å². The topological polar surface area (TPSA) is 63.6 Å². The lowest BCUT2D eigenvalue weighted by atomic mass is 10.3. The molecule has 0 rings (SSSR count). The van der Waals surface area contributed by atoms with Gasteiger partial charge >= 0.3 is 5.97 Å². The predicted octanol–water partition coefficient (Wildman–Crippen LogP) is -0.325. The zero-order chi connectivity index (χ0) is 7.28. The van der Waals surface area contributed by atoms with Gasteiger partial charge in [0.2, 0.25) is 0 Å². The van der Waals surface area contributed by atoms with E-state index in [9.17, 15) is 9.59 Å². The summed E-state index contributed by atoms with van der Waals surface area (Å²) in [6, 6.07) is 0. The molecule has 0 heterocycles. The van der Waals surface area contributed by atoms with Crippen LogP contribution in [0.4, 0.5) is 0 Å². The molecule has 0 aliphatic carbocycles. The first-order valence-corrected chi connectivity index (χ1v) is 2.40. The van der Waals surface area contributed by atoms with Crippen LogP contribution in [0.1, 0.15) is 6.42 Å². The fraction of sp³-hybridized carbons (Fsp3) is 0.600. The van der Waals surface area contributed by atoms with E-state index in [-0.39, 0.29) is 6.42 Å². The molecule has 0 bridgehead atoms. The molecule has 9 heavy (non-hydrogen) atoms. The van der Waals surface area contributed by atoms with Crippen LogP contribution < -0.4 is 0 Å². The number of carbonyl (C=O) groups excluding carboxylic acids is 1. The standard InChI is InChI=1S/C5H8O4/c1-9-4(3-6)2-5(7)8/h3-4H,2H2,1H3,(H,7,8). The number of aliphatic carboxylic acids is 1. The Morgan fingerprint density at radius 1 is 1.89 bits per heavy atom. The molecule has 0 aromatic carbocycles. The highest BCUT2D eigenvalue weighted by Crippen LogP contribution is 1.91. The fourth-order valence-electron chi connectivity index (χ4n) is 0.359. The van der Waals surface area contributed by atoms with Gasteiger partial charge in [-0.3, -0.25) is 4.79 Å². The number of carboxylic acids is 1. The first-order chi connectivity index (χ1) is 4.20. The second-order valence-electron chi connectivity index (χ2n) is 1.51. The van der Waals surface area contributed by atoms with E-state index in [1.54, 1.807) is 0 Å². The zero-order valence-corrected chi connectivity index (χ0v) is 5.03. The number of methoxy groups -OCH3 is 1. The minimum absolute atomic E-state index is 0.264. The Labute approximate surface area is 52.4 Å². The highest BCUT2D eigenvalue weighted by Gasteiger charge is 2.09. The number of hydrogen-bond acceptors (Lipinski definition) is 3. The number of aldehydes is 1. The molecule has 0 spiro atoms. The monoisotopic (exact) mass is 132 g/mol. The van der Waals surface area contributed by atoms with E-state index < -0.39 is 12.1 Å². The van der Waals surface area contributed by atoms with Crippen LogP contribution >= 0.6 is 0 Å². The van der Waals surface area contributed by atoms with Crippen molar-refractivity contribution in [1.82, 2.24) is 0 Å². The molecule has 0 saturated carbocycles. The van der Waals surface area contributed by atoms with Crippen LogP contribution in [0.15, 0.2) is 0 Å². The van der Waals surface area contributed by atoms with Crippen LogP contribution in [0.25, 0.3) is 0 Å². The Balaban J connectivity index is 3.55. The first kappa shape index (κ1) is 8.10. The van der Waals surface area contributed by atoms with Crippen LogP contribution in [-0.2, 0) is 14.3 Å². The summed E-state index contributed by atoms with van der Waals surface area (Å²) in [5, 5.41) is 8.11. The van der Waals surface area contributed by atoms with Crippen molar-refractivity contribution >= 4 is 12.3 Å². The molecule has 4 heteroatoms. The van der Waals surface area contributed by atoms with E-state index in [4.69, 9.17) is 5.11 Å². The lowest BCUT2D eigenvalue weighted by molar-refractivity contribution is -0.141.